The van der Waals surface area contributed by atoms with E-state index in [0.29, 0.717) is 18.0 Å². The van der Waals surface area contributed by atoms with E-state index >= 15 is 0 Å². The summed E-state index contributed by atoms with van der Waals surface area (Å²) in [4.78, 5) is 23.1. The van der Waals surface area contributed by atoms with Gasteiger partial charge in [0.25, 0.3) is 0 Å². The number of ketones is 1. The van der Waals surface area contributed by atoms with Crippen LogP contribution in [0.25, 0.3) is 0 Å². The number of carbonyl (C=O) groups excluding carboxylic acids is 2. The van der Waals surface area contributed by atoms with Gasteiger partial charge in [0.15, 0.2) is 5.78 Å². The van der Waals surface area contributed by atoms with E-state index in [1.807, 2.05) is 0 Å². The molecule has 2 amide bonds. The fraction of sp³-hybridized carbons (Fsp3) is 0.429. The molecule has 0 fully saturated rings. The summed E-state index contributed by atoms with van der Waals surface area (Å²) in [5.41, 5.74) is 0.379. The molecular formula is C14H19FN2O2. The molecule has 1 aromatic rings. The molecule has 0 aliphatic heterocycles. The number of Topliss-reactive ketones (excluding diaryl/α,β-unsaturated/α-hetero) is 1. The number of hydrogen-bond acceptors (Lipinski definition) is 2. The van der Waals surface area contributed by atoms with Gasteiger partial charge in [0.1, 0.15) is 5.82 Å². The summed E-state index contributed by atoms with van der Waals surface area (Å²) in [5, 5.41) is 5.14. The predicted molar refractivity (Wildman–Crippen MR) is 71.6 cm³/mol. The molecular weight excluding hydrogens is 247 g/mol. The van der Waals surface area contributed by atoms with Gasteiger partial charge < -0.3 is 10.6 Å². The Balaban J connectivity index is 2.30. The molecule has 0 bridgehead atoms. The minimum Gasteiger partial charge on any atom is -0.338 e. The third kappa shape index (κ3) is 5.99. The molecule has 0 saturated carbocycles. The predicted octanol–water partition coefficient (Wildman–Crippen LogP) is 2.35. The van der Waals surface area contributed by atoms with Crippen molar-refractivity contribution < 1.29 is 14.0 Å². The quantitative estimate of drug-likeness (QED) is 0.776. The first kappa shape index (κ1) is 15.1. The summed E-state index contributed by atoms with van der Waals surface area (Å²) in [6.45, 7) is 4.61. The van der Waals surface area contributed by atoms with Crippen molar-refractivity contribution >= 4 is 11.8 Å². The zero-order valence-corrected chi connectivity index (χ0v) is 11.2. The van der Waals surface area contributed by atoms with E-state index in [4.69, 9.17) is 0 Å². The molecule has 4 nitrogen and oxygen atoms in total. The number of carbonyl (C=O) groups is 2. The lowest BCUT2D eigenvalue weighted by Crippen LogP contribution is -2.39. The second-order valence-corrected chi connectivity index (χ2v) is 4.72. The molecule has 104 valence electrons. The summed E-state index contributed by atoms with van der Waals surface area (Å²) >= 11 is 0. The van der Waals surface area contributed by atoms with Crippen molar-refractivity contribution in [2.45, 2.75) is 20.3 Å². The lowest BCUT2D eigenvalue weighted by molar-refractivity contribution is 0.0992. The molecule has 0 heterocycles. The first-order valence-corrected chi connectivity index (χ1v) is 6.29. The Bertz CT molecular complexity index is 430. The second-order valence-electron chi connectivity index (χ2n) is 4.72. The molecule has 0 aliphatic rings. The van der Waals surface area contributed by atoms with E-state index in [1.165, 1.54) is 24.3 Å². The van der Waals surface area contributed by atoms with Crippen LogP contribution in [0.1, 0.15) is 30.6 Å². The maximum atomic E-state index is 12.7. The zero-order chi connectivity index (χ0) is 14.3. The zero-order valence-electron chi connectivity index (χ0n) is 11.2. The van der Waals surface area contributed by atoms with Crippen LogP contribution in [0.15, 0.2) is 24.3 Å². The topological polar surface area (TPSA) is 58.2 Å². The van der Waals surface area contributed by atoms with Crippen molar-refractivity contribution in [3.63, 3.8) is 0 Å². The van der Waals surface area contributed by atoms with Crippen LogP contribution in [0, 0.1) is 11.7 Å². The average molecular weight is 266 g/mol. The fourth-order valence-electron chi connectivity index (χ4n) is 1.44. The van der Waals surface area contributed by atoms with Gasteiger partial charge in [-0.1, -0.05) is 13.8 Å². The normalized spacial score (nSPS) is 10.3. The molecule has 0 atom stereocenters. The number of nitrogens with one attached hydrogen (secondary N) is 2. The van der Waals surface area contributed by atoms with Crippen LogP contribution in [0.4, 0.5) is 9.18 Å². The van der Waals surface area contributed by atoms with E-state index in [9.17, 15) is 14.0 Å². The van der Waals surface area contributed by atoms with Gasteiger partial charge in [-0.25, -0.2) is 9.18 Å². The molecule has 0 aliphatic carbocycles. The minimum absolute atomic E-state index is 0.0981. The number of benzene rings is 1. The van der Waals surface area contributed by atoms with Crippen LogP contribution in [0.2, 0.25) is 0 Å². The third-order valence-electron chi connectivity index (χ3n) is 2.58. The van der Waals surface area contributed by atoms with Crippen molar-refractivity contribution in [1.29, 1.82) is 0 Å². The van der Waals surface area contributed by atoms with E-state index in [-0.39, 0.29) is 18.4 Å². The Morgan fingerprint density at radius 1 is 1.16 bits per heavy atom. The smallest absolute Gasteiger partial charge is 0.315 e. The van der Waals surface area contributed by atoms with Crippen LogP contribution < -0.4 is 10.6 Å². The van der Waals surface area contributed by atoms with Crippen LogP contribution >= 0.6 is 0 Å². The first-order chi connectivity index (χ1) is 8.99. The van der Waals surface area contributed by atoms with Gasteiger partial charge >= 0.3 is 6.03 Å². The molecule has 1 aromatic carbocycles. The van der Waals surface area contributed by atoms with Gasteiger partial charge in [0.05, 0.1) is 6.54 Å². The molecule has 1 rings (SSSR count). The monoisotopic (exact) mass is 266 g/mol. The molecule has 0 aromatic heterocycles. The summed E-state index contributed by atoms with van der Waals surface area (Å²) in [6, 6.07) is 4.87. The first-order valence-electron chi connectivity index (χ1n) is 6.29. The van der Waals surface area contributed by atoms with Gasteiger partial charge in [-0.2, -0.15) is 0 Å². The maximum absolute atomic E-state index is 12.7. The van der Waals surface area contributed by atoms with Crippen LogP contribution in [-0.4, -0.2) is 24.9 Å². The maximum Gasteiger partial charge on any atom is 0.315 e. The summed E-state index contributed by atoms with van der Waals surface area (Å²) in [7, 11) is 0. The minimum atomic E-state index is -0.393. The average Bonchev–Trinajstić information content (AvgIpc) is 2.36. The highest BCUT2D eigenvalue weighted by Gasteiger charge is 2.07. The number of amides is 2. The molecule has 19 heavy (non-hydrogen) atoms. The van der Waals surface area contributed by atoms with Crippen LogP contribution in [0.3, 0.4) is 0 Å². The SMILES string of the molecule is CC(C)CCNC(=O)NCC(=O)c1ccc(F)cc1. The van der Waals surface area contributed by atoms with E-state index < -0.39 is 5.82 Å². The summed E-state index contributed by atoms with van der Waals surface area (Å²) in [6.07, 6.45) is 0.888. The van der Waals surface area contributed by atoms with Crippen molar-refractivity contribution in [2.24, 2.45) is 5.92 Å². The summed E-state index contributed by atoms with van der Waals surface area (Å²) < 4.78 is 12.7. The van der Waals surface area contributed by atoms with E-state index in [0.717, 1.165) is 6.42 Å². The fourth-order valence-corrected chi connectivity index (χ4v) is 1.44. The number of hydrogen-bond donors (Lipinski definition) is 2. The second kappa shape index (κ2) is 7.51. The highest BCUT2D eigenvalue weighted by Crippen LogP contribution is 2.03. The van der Waals surface area contributed by atoms with Crippen molar-refractivity contribution in [3.8, 4) is 0 Å². The van der Waals surface area contributed by atoms with E-state index in [2.05, 4.69) is 24.5 Å². The standard InChI is InChI=1S/C14H19FN2O2/c1-10(2)7-8-16-14(19)17-9-13(18)11-3-5-12(15)6-4-11/h3-6,10H,7-9H2,1-2H3,(H2,16,17,19). The van der Waals surface area contributed by atoms with Crippen molar-refractivity contribution in [3.05, 3.63) is 35.6 Å². The molecule has 5 heteroatoms. The highest BCUT2D eigenvalue weighted by atomic mass is 19.1. The molecule has 0 unspecified atom stereocenters. The van der Waals surface area contributed by atoms with Crippen LogP contribution in [-0.2, 0) is 0 Å². The van der Waals surface area contributed by atoms with Crippen molar-refractivity contribution in [1.82, 2.24) is 10.6 Å². The Morgan fingerprint density at radius 2 is 1.79 bits per heavy atom. The molecule has 0 spiro atoms. The molecule has 0 radical (unpaired) electrons. The number of halogens is 1. The van der Waals surface area contributed by atoms with Gasteiger partial charge in [0.2, 0.25) is 0 Å². The number of rotatable bonds is 6. The van der Waals surface area contributed by atoms with Gasteiger partial charge in [-0.3, -0.25) is 4.79 Å². The van der Waals surface area contributed by atoms with Crippen LogP contribution in [0.5, 0.6) is 0 Å². The molecule has 2 N–H and O–H groups in total. The lowest BCUT2D eigenvalue weighted by Gasteiger charge is -2.08. The third-order valence-corrected chi connectivity index (χ3v) is 2.58. The Labute approximate surface area is 112 Å². The Morgan fingerprint density at radius 3 is 2.37 bits per heavy atom. The van der Waals surface area contributed by atoms with Gasteiger partial charge in [-0.15, -0.1) is 0 Å². The largest absolute Gasteiger partial charge is 0.338 e. The van der Waals surface area contributed by atoms with Gasteiger partial charge in [0, 0.05) is 12.1 Å². The summed E-state index contributed by atoms with van der Waals surface area (Å²) in [5.74, 6) is -0.129. The molecule has 0 saturated heterocycles. The lowest BCUT2D eigenvalue weighted by atomic mass is 10.1. The highest BCUT2D eigenvalue weighted by molar-refractivity contribution is 5.99. The van der Waals surface area contributed by atoms with E-state index in [1.54, 1.807) is 0 Å². The van der Waals surface area contributed by atoms with Crippen molar-refractivity contribution in [2.75, 3.05) is 13.1 Å². The Hall–Kier alpha value is -1.91. The van der Waals surface area contributed by atoms with Gasteiger partial charge in [-0.05, 0) is 36.6 Å². The number of urea groups is 1. The Kier molecular flexibility index (Phi) is 5.99.